The van der Waals surface area contributed by atoms with E-state index in [1.807, 2.05) is 12.1 Å². The molecule has 3 nitrogen and oxygen atoms in total. The average molecular weight is 255 g/mol. The van der Waals surface area contributed by atoms with E-state index in [1.54, 1.807) is 11.3 Å². The molecule has 0 saturated heterocycles. The summed E-state index contributed by atoms with van der Waals surface area (Å²) >= 11 is 1.62. The van der Waals surface area contributed by atoms with Crippen molar-refractivity contribution in [3.8, 4) is 10.6 Å². The first kappa shape index (κ1) is 11.3. The molecule has 0 bridgehead atoms. The van der Waals surface area contributed by atoms with Crippen LogP contribution in [0.3, 0.4) is 0 Å². The zero-order chi connectivity index (χ0) is 12.4. The normalized spacial score (nSPS) is 10.9. The van der Waals surface area contributed by atoms with E-state index in [-0.39, 0.29) is 0 Å². The second-order valence-corrected chi connectivity index (χ2v) is 5.16. The Balaban J connectivity index is 2.02. The molecule has 1 heterocycles. The highest BCUT2D eigenvalue weighted by molar-refractivity contribution is 7.14. The molecule has 0 saturated carbocycles. The van der Waals surface area contributed by atoms with Crippen LogP contribution in [-0.2, 0) is 6.42 Å². The van der Waals surface area contributed by atoms with E-state index in [0.717, 1.165) is 22.0 Å². The first-order chi connectivity index (χ1) is 8.86. The summed E-state index contributed by atoms with van der Waals surface area (Å²) in [6.07, 6.45) is 0.797. The number of rotatable bonds is 3. The van der Waals surface area contributed by atoms with Crippen molar-refractivity contribution >= 4 is 22.1 Å². The number of nitrogens with two attached hydrogens (primary N) is 1. The van der Waals surface area contributed by atoms with Crippen molar-refractivity contribution < 1.29 is 0 Å². The van der Waals surface area contributed by atoms with Gasteiger partial charge in [0.1, 0.15) is 10.0 Å². The standard InChI is InChI=1S/C14H13N3S/c15-8-7-13-16-17-14(18-13)12-6-5-10-3-1-2-4-11(10)9-12/h1-6,9H,7-8,15H2. The molecule has 4 heteroatoms. The highest BCUT2D eigenvalue weighted by Gasteiger charge is 2.06. The van der Waals surface area contributed by atoms with Gasteiger partial charge in [-0.25, -0.2) is 0 Å². The van der Waals surface area contributed by atoms with Gasteiger partial charge in [-0.05, 0) is 23.4 Å². The maximum absolute atomic E-state index is 5.52. The van der Waals surface area contributed by atoms with Crippen LogP contribution in [0.15, 0.2) is 42.5 Å². The van der Waals surface area contributed by atoms with E-state index in [0.29, 0.717) is 6.54 Å². The Hall–Kier alpha value is -1.78. The van der Waals surface area contributed by atoms with Crippen molar-refractivity contribution in [2.45, 2.75) is 6.42 Å². The first-order valence-corrected chi connectivity index (χ1v) is 6.70. The molecule has 0 fully saturated rings. The molecule has 0 aliphatic carbocycles. The van der Waals surface area contributed by atoms with Crippen LogP contribution in [0.2, 0.25) is 0 Å². The minimum absolute atomic E-state index is 0.617. The fourth-order valence-electron chi connectivity index (χ4n) is 1.92. The SMILES string of the molecule is NCCc1nnc(-c2ccc3ccccc3c2)s1. The highest BCUT2D eigenvalue weighted by atomic mass is 32.1. The quantitative estimate of drug-likeness (QED) is 0.783. The summed E-state index contributed by atoms with van der Waals surface area (Å²) in [6, 6.07) is 14.7. The van der Waals surface area contributed by atoms with E-state index >= 15 is 0 Å². The molecule has 3 rings (SSSR count). The number of fused-ring (bicyclic) bond motifs is 1. The summed E-state index contributed by atoms with van der Waals surface area (Å²) in [6.45, 7) is 0.617. The van der Waals surface area contributed by atoms with Crippen LogP contribution in [0.4, 0.5) is 0 Å². The molecule has 1 aromatic heterocycles. The third kappa shape index (κ3) is 2.12. The van der Waals surface area contributed by atoms with Gasteiger partial charge >= 0.3 is 0 Å². The summed E-state index contributed by atoms with van der Waals surface area (Å²) < 4.78 is 0. The molecule has 3 aromatic rings. The minimum atomic E-state index is 0.617. The molecule has 0 unspecified atom stereocenters. The average Bonchev–Trinajstić information content (AvgIpc) is 2.87. The molecule has 0 atom stereocenters. The lowest BCUT2D eigenvalue weighted by Crippen LogP contribution is -2.01. The van der Waals surface area contributed by atoms with Crippen LogP contribution < -0.4 is 5.73 Å². The number of aromatic nitrogens is 2. The third-order valence-electron chi connectivity index (χ3n) is 2.82. The van der Waals surface area contributed by atoms with Crippen LogP contribution in [-0.4, -0.2) is 16.7 Å². The minimum Gasteiger partial charge on any atom is -0.330 e. The van der Waals surface area contributed by atoms with Crippen LogP contribution in [0.5, 0.6) is 0 Å². The summed E-state index contributed by atoms with van der Waals surface area (Å²) in [7, 11) is 0. The summed E-state index contributed by atoms with van der Waals surface area (Å²) in [5.74, 6) is 0. The van der Waals surface area contributed by atoms with Gasteiger partial charge in [-0.1, -0.05) is 47.7 Å². The molecule has 0 spiro atoms. The summed E-state index contributed by atoms with van der Waals surface area (Å²) in [5.41, 5.74) is 6.64. The van der Waals surface area contributed by atoms with E-state index in [4.69, 9.17) is 5.73 Å². The molecular weight excluding hydrogens is 242 g/mol. The van der Waals surface area contributed by atoms with Crippen LogP contribution in [0.1, 0.15) is 5.01 Å². The Morgan fingerprint density at radius 1 is 1.00 bits per heavy atom. The predicted octanol–water partition coefficient (Wildman–Crippen LogP) is 2.86. The Morgan fingerprint density at radius 2 is 1.83 bits per heavy atom. The third-order valence-corrected chi connectivity index (χ3v) is 3.85. The molecule has 0 radical (unpaired) electrons. The van der Waals surface area contributed by atoms with Gasteiger partial charge in [0.05, 0.1) is 0 Å². The van der Waals surface area contributed by atoms with Crippen molar-refractivity contribution in [2.24, 2.45) is 5.73 Å². The van der Waals surface area contributed by atoms with E-state index in [2.05, 4.69) is 40.5 Å². The van der Waals surface area contributed by atoms with E-state index < -0.39 is 0 Å². The second kappa shape index (κ2) is 4.84. The Morgan fingerprint density at radius 3 is 2.67 bits per heavy atom. The summed E-state index contributed by atoms with van der Waals surface area (Å²) in [4.78, 5) is 0. The smallest absolute Gasteiger partial charge is 0.147 e. The zero-order valence-corrected chi connectivity index (χ0v) is 10.7. The van der Waals surface area contributed by atoms with Crippen LogP contribution >= 0.6 is 11.3 Å². The van der Waals surface area contributed by atoms with Crippen molar-refractivity contribution in [2.75, 3.05) is 6.54 Å². The van der Waals surface area contributed by atoms with E-state index in [1.165, 1.54) is 10.8 Å². The largest absolute Gasteiger partial charge is 0.330 e. The fraction of sp³-hybridized carbons (Fsp3) is 0.143. The lowest BCUT2D eigenvalue weighted by atomic mass is 10.1. The first-order valence-electron chi connectivity index (χ1n) is 5.88. The van der Waals surface area contributed by atoms with Crippen molar-refractivity contribution in [1.82, 2.24) is 10.2 Å². The van der Waals surface area contributed by atoms with Gasteiger partial charge < -0.3 is 5.73 Å². The van der Waals surface area contributed by atoms with Gasteiger partial charge in [0, 0.05) is 12.0 Å². The number of hydrogen-bond acceptors (Lipinski definition) is 4. The van der Waals surface area contributed by atoms with Crippen molar-refractivity contribution in [3.05, 3.63) is 47.5 Å². The number of hydrogen-bond donors (Lipinski definition) is 1. The molecule has 90 valence electrons. The van der Waals surface area contributed by atoms with Crippen molar-refractivity contribution in [1.29, 1.82) is 0 Å². The fourth-order valence-corrected chi connectivity index (χ4v) is 2.77. The van der Waals surface area contributed by atoms with Gasteiger partial charge in [-0.15, -0.1) is 10.2 Å². The number of nitrogens with zero attached hydrogens (tertiary/aromatic N) is 2. The molecule has 0 aliphatic heterocycles. The Labute approximate surface area is 109 Å². The van der Waals surface area contributed by atoms with Gasteiger partial charge in [0.2, 0.25) is 0 Å². The highest BCUT2D eigenvalue weighted by Crippen LogP contribution is 2.26. The zero-order valence-electron chi connectivity index (χ0n) is 9.84. The maximum atomic E-state index is 5.52. The molecule has 2 aromatic carbocycles. The van der Waals surface area contributed by atoms with Gasteiger partial charge in [-0.2, -0.15) is 0 Å². The second-order valence-electron chi connectivity index (χ2n) is 4.10. The monoisotopic (exact) mass is 255 g/mol. The molecule has 0 aliphatic rings. The van der Waals surface area contributed by atoms with Gasteiger partial charge in [0.25, 0.3) is 0 Å². The lowest BCUT2D eigenvalue weighted by molar-refractivity contribution is 0.913. The maximum Gasteiger partial charge on any atom is 0.147 e. The van der Waals surface area contributed by atoms with Crippen molar-refractivity contribution in [3.63, 3.8) is 0 Å². The van der Waals surface area contributed by atoms with Crippen LogP contribution in [0.25, 0.3) is 21.3 Å². The molecular formula is C14H13N3S. The molecule has 2 N–H and O–H groups in total. The lowest BCUT2D eigenvalue weighted by Gasteiger charge is -1.99. The van der Waals surface area contributed by atoms with E-state index in [9.17, 15) is 0 Å². The van der Waals surface area contributed by atoms with Crippen LogP contribution in [0, 0.1) is 0 Å². The summed E-state index contributed by atoms with van der Waals surface area (Å²) in [5, 5.41) is 12.8. The van der Waals surface area contributed by atoms with Gasteiger partial charge in [-0.3, -0.25) is 0 Å². The molecule has 18 heavy (non-hydrogen) atoms. The number of benzene rings is 2. The molecule has 0 amide bonds. The Bertz CT molecular complexity index is 675. The Kier molecular flexibility index (Phi) is 3.04. The predicted molar refractivity (Wildman–Crippen MR) is 75.6 cm³/mol. The topological polar surface area (TPSA) is 51.8 Å². The van der Waals surface area contributed by atoms with Gasteiger partial charge in [0.15, 0.2) is 0 Å².